The second-order valence-corrected chi connectivity index (χ2v) is 4.68. The summed E-state index contributed by atoms with van der Waals surface area (Å²) in [6.07, 6.45) is 0.945. The fraction of sp³-hybridized carbons (Fsp3) is 0.235. The molecule has 0 spiro atoms. The van der Waals surface area contributed by atoms with Crippen molar-refractivity contribution >= 4 is 11.6 Å². The molecule has 0 radical (unpaired) electrons. The Morgan fingerprint density at radius 1 is 1.18 bits per heavy atom. The number of hydrogen-bond acceptors (Lipinski definition) is 3. The molecule has 0 aliphatic heterocycles. The highest BCUT2D eigenvalue weighted by Crippen LogP contribution is 2.22. The predicted molar refractivity (Wildman–Crippen MR) is 82.9 cm³/mol. The Kier molecular flexibility index (Phi) is 5.36. The second-order valence-electron chi connectivity index (χ2n) is 4.68. The number of hydrogen-bond donors (Lipinski definition) is 1. The number of carbonyl (C=O) groups excluding carboxylic acids is 1. The Balaban J connectivity index is 1.88. The lowest BCUT2D eigenvalue weighted by molar-refractivity contribution is -0.118. The maximum atomic E-state index is 13.5. The minimum atomic E-state index is -0.532. The highest BCUT2D eigenvalue weighted by Gasteiger charge is 2.07. The molecule has 2 rings (SSSR count). The summed E-state index contributed by atoms with van der Waals surface area (Å²) >= 11 is 0. The first-order chi connectivity index (χ1) is 10.6. The van der Waals surface area contributed by atoms with Crippen molar-refractivity contribution in [2.24, 2.45) is 0 Å². The van der Waals surface area contributed by atoms with Crippen LogP contribution in [0.15, 0.2) is 42.5 Å². The summed E-state index contributed by atoms with van der Waals surface area (Å²) in [5, 5.41) is 2.72. The molecule has 0 aliphatic carbocycles. The third kappa shape index (κ3) is 4.22. The fourth-order valence-corrected chi connectivity index (χ4v) is 1.91. The smallest absolute Gasteiger partial charge is 0.262 e. The van der Waals surface area contributed by atoms with Gasteiger partial charge in [0.05, 0.1) is 7.11 Å². The summed E-state index contributed by atoms with van der Waals surface area (Å²) in [5.41, 5.74) is 1.90. The zero-order valence-corrected chi connectivity index (χ0v) is 12.6. The molecular weight excluding hydrogens is 285 g/mol. The van der Waals surface area contributed by atoms with Crippen LogP contribution in [0.5, 0.6) is 11.5 Å². The summed E-state index contributed by atoms with van der Waals surface area (Å²) in [5.74, 6) is -0.432. The molecule has 5 heteroatoms. The van der Waals surface area contributed by atoms with Crippen LogP contribution in [-0.4, -0.2) is 19.6 Å². The van der Waals surface area contributed by atoms with Gasteiger partial charge in [0.25, 0.3) is 5.91 Å². The van der Waals surface area contributed by atoms with Gasteiger partial charge in [-0.05, 0) is 36.2 Å². The molecule has 0 heterocycles. The molecular formula is C17H18FNO3. The summed E-state index contributed by atoms with van der Waals surface area (Å²) < 4.78 is 23.6. The fourth-order valence-electron chi connectivity index (χ4n) is 1.91. The average Bonchev–Trinajstić information content (AvgIpc) is 2.54. The van der Waals surface area contributed by atoms with Crippen molar-refractivity contribution < 1.29 is 18.7 Å². The van der Waals surface area contributed by atoms with Gasteiger partial charge >= 0.3 is 0 Å². The van der Waals surface area contributed by atoms with E-state index in [4.69, 9.17) is 9.47 Å². The van der Waals surface area contributed by atoms with Crippen LogP contribution >= 0.6 is 0 Å². The van der Waals surface area contributed by atoms with Crippen molar-refractivity contribution in [1.29, 1.82) is 0 Å². The molecule has 1 N–H and O–H groups in total. The largest absolute Gasteiger partial charge is 0.494 e. The number of benzene rings is 2. The van der Waals surface area contributed by atoms with E-state index in [1.165, 1.54) is 24.8 Å². The maximum Gasteiger partial charge on any atom is 0.262 e. The third-order valence-corrected chi connectivity index (χ3v) is 3.14. The molecule has 2 aromatic rings. The van der Waals surface area contributed by atoms with Gasteiger partial charge in [-0.15, -0.1) is 0 Å². The van der Waals surface area contributed by atoms with Gasteiger partial charge in [-0.3, -0.25) is 4.79 Å². The van der Waals surface area contributed by atoms with E-state index in [1.807, 2.05) is 24.3 Å². The first-order valence-corrected chi connectivity index (χ1v) is 6.97. The lowest BCUT2D eigenvalue weighted by Crippen LogP contribution is -2.20. The summed E-state index contributed by atoms with van der Waals surface area (Å²) in [7, 11) is 1.39. The molecule has 4 nitrogen and oxygen atoms in total. The Bertz CT molecular complexity index is 641. The summed E-state index contributed by atoms with van der Waals surface area (Å²) in [6, 6.07) is 11.8. The van der Waals surface area contributed by atoms with Crippen molar-refractivity contribution in [3.63, 3.8) is 0 Å². The lowest BCUT2D eigenvalue weighted by atomic mass is 10.1. The van der Waals surface area contributed by atoms with Crippen LogP contribution in [-0.2, 0) is 11.2 Å². The lowest BCUT2D eigenvalue weighted by Gasteiger charge is -2.09. The Labute approximate surface area is 128 Å². The highest BCUT2D eigenvalue weighted by molar-refractivity contribution is 5.91. The Morgan fingerprint density at radius 3 is 2.50 bits per heavy atom. The first kappa shape index (κ1) is 15.8. The molecule has 0 aromatic heterocycles. The third-order valence-electron chi connectivity index (χ3n) is 3.14. The van der Waals surface area contributed by atoms with E-state index in [0.29, 0.717) is 5.69 Å². The van der Waals surface area contributed by atoms with Crippen molar-refractivity contribution in [2.45, 2.75) is 13.3 Å². The van der Waals surface area contributed by atoms with Crippen molar-refractivity contribution in [2.75, 3.05) is 19.0 Å². The molecule has 0 saturated heterocycles. The minimum absolute atomic E-state index is 0.132. The normalized spacial score (nSPS) is 10.1. The van der Waals surface area contributed by atoms with Crippen molar-refractivity contribution in [3.8, 4) is 11.5 Å². The van der Waals surface area contributed by atoms with Crippen LogP contribution in [0.3, 0.4) is 0 Å². The molecule has 2 aromatic carbocycles. The van der Waals surface area contributed by atoms with Crippen molar-refractivity contribution in [3.05, 3.63) is 53.8 Å². The Morgan fingerprint density at radius 2 is 1.91 bits per heavy atom. The molecule has 0 unspecified atom stereocenters. The minimum Gasteiger partial charge on any atom is -0.494 e. The van der Waals surface area contributed by atoms with Crippen LogP contribution in [0, 0.1) is 5.82 Å². The number of aryl methyl sites for hydroxylation is 1. The van der Waals surface area contributed by atoms with Gasteiger partial charge in [0.1, 0.15) is 5.75 Å². The van der Waals surface area contributed by atoms with E-state index in [0.717, 1.165) is 6.42 Å². The maximum absolute atomic E-state index is 13.5. The SMILES string of the molecule is CCc1ccc(NC(=O)COc2ccc(OC)c(F)c2)cc1. The number of rotatable bonds is 6. The number of ether oxygens (including phenoxy) is 2. The van der Waals surface area contributed by atoms with Gasteiger partial charge in [0, 0.05) is 11.8 Å². The van der Waals surface area contributed by atoms with Gasteiger partial charge < -0.3 is 14.8 Å². The van der Waals surface area contributed by atoms with Gasteiger partial charge in [-0.1, -0.05) is 19.1 Å². The van der Waals surface area contributed by atoms with Crippen LogP contribution < -0.4 is 14.8 Å². The van der Waals surface area contributed by atoms with E-state index in [2.05, 4.69) is 12.2 Å². The van der Waals surface area contributed by atoms with Gasteiger partial charge in [0.15, 0.2) is 18.2 Å². The predicted octanol–water partition coefficient (Wildman–Crippen LogP) is 3.41. The zero-order chi connectivity index (χ0) is 15.9. The molecule has 116 valence electrons. The second kappa shape index (κ2) is 7.45. The average molecular weight is 303 g/mol. The molecule has 1 amide bonds. The number of anilines is 1. The highest BCUT2D eigenvalue weighted by atomic mass is 19.1. The van der Waals surface area contributed by atoms with Crippen LogP contribution in [0.2, 0.25) is 0 Å². The van der Waals surface area contributed by atoms with E-state index in [-0.39, 0.29) is 24.0 Å². The number of methoxy groups -OCH3 is 1. The topological polar surface area (TPSA) is 47.6 Å². The molecule has 0 atom stereocenters. The zero-order valence-electron chi connectivity index (χ0n) is 12.6. The van der Waals surface area contributed by atoms with E-state index < -0.39 is 5.82 Å². The summed E-state index contributed by atoms with van der Waals surface area (Å²) in [6.45, 7) is 1.87. The van der Waals surface area contributed by atoms with Gasteiger partial charge in [0.2, 0.25) is 0 Å². The summed E-state index contributed by atoms with van der Waals surface area (Å²) in [4.78, 5) is 11.8. The molecule has 0 bridgehead atoms. The molecule has 0 fully saturated rings. The molecule has 22 heavy (non-hydrogen) atoms. The van der Waals surface area contributed by atoms with E-state index >= 15 is 0 Å². The Hall–Kier alpha value is -2.56. The monoisotopic (exact) mass is 303 g/mol. The molecule has 0 saturated carbocycles. The number of nitrogens with one attached hydrogen (secondary N) is 1. The first-order valence-electron chi connectivity index (χ1n) is 6.97. The van der Waals surface area contributed by atoms with Gasteiger partial charge in [-0.2, -0.15) is 0 Å². The van der Waals surface area contributed by atoms with E-state index in [9.17, 15) is 9.18 Å². The number of halogens is 1. The quantitative estimate of drug-likeness (QED) is 0.889. The number of carbonyl (C=O) groups is 1. The van der Waals surface area contributed by atoms with E-state index in [1.54, 1.807) is 6.07 Å². The van der Waals surface area contributed by atoms with Crippen LogP contribution in [0.4, 0.5) is 10.1 Å². The molecule has 0 aliphatic rings. The van der Waals surface area contributed by atoms with Crippen molar-refractivity contribution in [1.82, 2.24) is 0 Å². The van der Waals surface area contributed by atoms with Crippen LogP contribution in [0.1, 0.15) is 12.5 Å². The standard InChI is InChI=1S/C17H18FNO3/c1-3-12-4-6-13(7-5-12)19-17(20)11-22-14-8-9-16(21-2)15(18)10-14/h4-10H,3,11H2,1-2H3,(H,19,20). The van der Waals surface area contributed by atoms with Gasteiger partial charge in [-0.25, -0.2) is 4.39 Å². The number of amides is 1. The van der Waals surface area contributed by atoms with Crippen LogP contribution in [0.25, 0.3) is 0 Å².